The lowest BCUT2D eigenvalue weighted by atomic mass is 9.51. The molecule has 2 saturated carbocycles. The first-order valence-electron chi connectivity index (χ1n) is 7.17. The average Bonchev–Trinajstić information content (AvgIpc) is 2.78. The fourth-order valence-corrected chi connectivity index (χ4v) is 4.34. The van der Waals surface area contributed by atoms with E-state index in [1.807, 2.05) is 11.3 Å². The summed E-state index contributed by atoms with van der Waals surface area (Å²) in [5.41, 5.74) is 0.474. The predicted octanol–water partition coefficient (Wildman–Crippen LogP) is 3.75. The van der Waals surface area contributed by atoms with E-state index in [9.17, 15) is 0 Å². The molecule has 3 atom stereocenters. The second kappa shape index (κ2) is 4.95. The number of nitrogens with one attached hydrogen (secondary N) is 1. The lowest BCUT2D eigenvalue weighted by Crippen LogP contribution is -2.67. The van der Waals surface area contributed by atoms with Gasteiger partial charge in [0.2, 0.25) is 0 Å². The van der Waals surface area contributed by atoms with Gasteiger partial charge in [0.25, 0.3) is 0 Å². The fraction of sp³-hybridized carbons (Fsp3) is 0.733. The van der Waals surface area contributed by atoms with Gasteiger partial charge in [-0.25, -0.2) is 0 Å². The number of hydrogen-bond acceptors (Lipinski definition) is 3. The molecular weight excluding hydrogens is 242 g/mol. The Hall–Kier alpha value is -0.380. The Morgan fingerprint density at radius 3 is 2.94 bits per heavy atom. The summed E-state index contributed by atoms with van der Waals surface area (Å²) in [5.74, 6) is 0. The zero-order valence-electron chi connectivity index (χ0n) is 11.3. The molecule has 1 aromatic rings. The lowest BCUT2D eigenvalue weighted by Gasteiger charge is -2.61. The van der Waals surface area contributed by atoms with Gasteiger partial charge in [-0.3, -0.25) is 0 Å². The SMILES string of the molecule is CCOC1CC(NC(C)c2cccs2)C12CCC2. The maximum Gasteiger partial charge on any atom is 0.0661 e. The van der Waals surface area contributed by atoms with Crippen LogP contribution in [0.4, 0.5) is 0 Å². The normalized spacial score (nSPS) is 30.8. The highest BCUT2D eigenvalue weighted by Crippen LogP contribution is 2.57. The number of rotatable bonds is 5. The van der Waals surface area contributed by atoms with Gasteiger partial charge in [0.05, 0.1) is 6.10 Å². The first-order valence-corrected chi connectivity index (χ1v) is 8.05. The summed E-state index contributed by atoms with van der Waals surface area (Å²) in [7, 11) is 0. The molecule has 1 N–H and O–H groups in total. The third-order valence-electron chi connectivity index (χ3n) is 4.86. The van der Waals surface area contributed by atoms with E-state index in [1.54, 1.807) is 0 Å². The molecule has 0 aliphatic heterocycles. The Labute approximate surface area is 114 Å². The number of ether oxygens (including phenoxy) is 1. The topological polar surface area (TPSA) is 21.3 Å². The van der Waals surface area contributed by atoms with Crippen molar-refractivity contribution in [2.45, 2.75) is 57.7 Å². The monoisotopic (exact) mass is 265 g/mol. The molecule has 1 spiro atoms. The van der Waals surface area contributed by atoms with E-state index >= 15 is 0 Å². The van der Waals surface area contributed by atoms with Crippen LogP contribution in [0.3, 0.4) is 0 Å². The van der Waals surface area contributed by atoms with Crippen LogP contribution in [0.15, 0.2) is 17.5 Å². The summed E-state index contributed by atoms with van der Waals surface area (Å²) in [6, 6.07) is 5.52. The van der Waals surface area contributed by atoms with Gasteiger partial charge in [-0.1, -0.05) is 12.5 Å². The molecule has 3 rings (SSSR count). The van der Waals surface area contributed by atoms with E-state index < -0.39 is 0 Å². The standard InChI is InChI=1S/C15H23NOS/c1-3-17-14-10-13(15(14)7-5-8-15)16-11(2)12-6-4-9-18-12/h4,6,9,11,13-14,16H,3,5,7-8,10H2,1-2H3. The van der Waals surface area contributed by atoms with Crippen molar-refractivity contribution >= 4 is 11.3 Å². The van der Waals surface area contributed by atoms with Crippen molar-refractivity contribution in [1.82, 2.24) is 5.32 Å². The van der Waals surface area contributed by atoms with E-state index in [0.717, 1.165) is 6.61 Å². The molecule has 2 aliphatic carbocycles. The molecule has 0 radical (unpaired) electrons. The highest BCUT2D eigenvalue weighted by Gasteiger charge is 2.58. The zero-order valence-corrected chi connectivity index (χ0v) is 12.1. The molecule has 0 bridgehead atoms. The van der Waals surface area contributed by atoms with Crippen LogP contribution in [0.5, 0.6) is 0 Å². The third kappa shape index (κ3) is 1.93. The Morgan fingerprint density at radius 2 is 2.39 bits per heavy atom. The molecule has 0 aromatic carbocycles. The van der Waals surface area contributed by atoms with Gasteiger partial charge in [0, 0.05) is 29.0 Å². The Kier molecular flexibility index (Phi) is 3.48. The first kappa shape index (κ1) is 12.6. The fourth-order valence-electron chi connectivity index (χ4n) is 3.59. The Bertz CT molecular complexity index is 385. The van der Waals surface area contributed by atoms with Gasteiger partial charge in [-0.15, -0.1) is 11.3 Å². The summed E-state index contributed by atoms with van der Waals surface area (Å²) in [6.45, 7) is 5.26. The highest BCUT2D eigenvalue weighted by atomic mass is 32.1. The quantitative estimate of drug-likeness (QED) is 0.875. The molecular formula is C15H23NOS. The minimum absolute atomic E-state index is 0.474. The van der Waals surface area contributed by atoms with Gasteiger partial charge < -0.3 is 10.1 Å². The van der Waals surface area contributed by atoms with Gasteiger partial charge in [-0.05, 0) is 44.6 Å². The third-order valence-corrected chi connectivity index (χ3v) is 5.91. The second-order valence-electron chi connectivity index (χ2n) is 5.72. The van der Waals surface area contributed by atoms with E-state index in [-0.39, 0.29) is 0 Å². The summed E-state index contributed by atoms with van der Waals surface area (Å²) in [5, 5.41) is 5.99. The smallest absolute Gasteiger partial charge is 0.0661 e. The van der Waals surface area contributed by atoms with Crippen LogP contribution in [0.25, 0.3) is 0 Å². The molecule has 2 aliphatic rings. The van der Waals surface area contributed by atoms with E-state index in [0.29, 0.717) is 23.6 Å². The highest BCUT2D eigenvalue weighted by molar-refractivity contribution is 7.10. The van der Waals surface area contributed by atoms with Crippen LogP contribution in [0, 0.1) is 5.41 Å². The zero-order chi connectivity index (χ0) is 12.6. The minimum atomic E-state index is 0.474. The van der Waals surface area contributed by atoms with Crippen molar-refractivity contribution in [1.29, 1.82) is 0 Å². The molecule has 0 amide bonds. The predicted molar refractivity (Wildman–Crippen MR) is 76.0 cm³/mol. The van der Waals surface area contributed by atoms with Gasteiger partial charge in [-0.2, -0.15) is 0 Å². The molecule has 18 heavy (non-hydrogen) atoms. The molecule has 2 fully saturated rings. The van der Waals surface area contributed by atoms with E-state index in [1.165, 1.54) is 30.6 Å². The largest absolute Gasteiger partial charge is 0.378 e. The summed E-state index contributed by atoms with van der Waals surface area (Å²) in [6.07, 6.45) is 5.81. The lowest BCUT2D eigenvalue weighted by molar-refractivity contribution is -0.174. The summed E-state index contributed by atoms with van der Waals surface area (Å²) in [4.78, 5) is 1.45. The van der Waals surface area contributed by atoms with E-state index in [4.69, 9.17) is 4.74 Å². The number of hydrogen-bond donors (Lipinski definition) is 1. The van der Waals surface area contributed by atoms with Crippen molar-refractivity contribution in [2.75, 3.05) is 6.61 Å². The van der Waals surface area contributed by atoms with Crippen molar-refractivity contribution in [2.24, 2.45) is 5.41 Å². The summed E-state index contributed by atoms with van der Waals surface area (Å²) >= 11 is 1.85. The maximum absolute atomic E-state index is 5.90. The molecule has 1 heterocycles. The first-order chi connectivity index (χ1) is 8.76. The van der Waals surface area contributed by atoms with Crippen molar-refractivity contribution in [3.05, 3.63) is 22.4 Å². The van der Waals surface area contributed by atoms with Crippen molar-refractivity contribution in [3.8, 4) is 0 Å². The molecule has 3 heteroatoms. The van der Waals surface area contributed by atoms with Crippen molar-refractivity contribution in [3.63, 3.8) is 0 Å². The van der Waals surface area contributed by atoms with Gasteiger partial charge >= 0.3 is 0 Å². The van der Waals surface area contributed by atoms with Crippen LogP contribution in [-0.2, 0) is 4.74 Å². The van der Waals surface area contributed by atoms with Crippen LogP contribution in [0.1, 0.15) is 50.4 Å². The van der Waals surface area contributed by atoms with Gasteiger partial charge in [0.15, 0.2) is 0 Å². The van der Waals surface area contributed by atoms with Crippen LogP contribution < -0.4 is 5.32 Å². The van der Waals surface area contributed by atoms with Gasteiger partial charge in [0.1, 0.15) is 0 Å². The molecule has 1 aromatic heterocycles. The molecule has 0 saturated heterocycles. The van der Waals surface area contributed by atoms with Crippen molar-refractivity contribution < 1.29 is 4.74 Å². The summed E-state index contributed by atoms with van der Waals surface area (Å²) < 4.78 is 5.90. The molecule has 3 unspecified atom stereocenters. The maximum atomic E-state index is 5.90. The second-order valence-corrected chi connectivity index (χ2v) is 6.70. The van der Waals surface area contributed by atoms with E-state index in [2.05, 4.69) is 36.7 Å². The molecule has 2 nitrogen and oxygen atoms in total. The molecule has 100 valence electrons. The van der Waals surface area contributed by atoms with Crippen LogP contribution in [-0.4, -0.2) is 18.8 Å². The Morgan fingerprint density at radius 1 is 1.56 bits per heavy atom. The number of thiophene rings is 1. The van der Waals surface area contributed by atoms with Crippen LogP contribution >= 0.6 is 11.3 Å². The van der Waals surface area contributed by atoms with Crippen LogP contribution in [0.2, 0.25) is 0 Å². The average molecular weight is 265 g/mol. The minimum Gasteiger partial charge on any atom is -0.378 e. The Balaban J connectivity index is 1.61.